The summed E-state index contributed by atoms with van der Waals surface area (Å²) in [7, 11) is 0. The molecule has 0 atom stereocenters. The Bertz CT molecular complexity index is 318. The molecule has 0 saturated heterocycles. The minimum Gasteiger partial charge on any atom is -0.464 e. The first-order valence-electron chi connectivity index (χ1n) is 3.64. The molecule has 0 amide bonds. The van der Waals surface area contributed by atoms with E-state index >= 15 is 0 Å². The zero-order chi connectivity index (χ0) is 8.39. The molecule has 0 aliphatic carbocycles. The van der Waals surface area contributed by atoms with Crippen molar-refractivity contribution < 1.29 is 8.83 Å². The maximum atomic E-state index is 5.16. The molecule has 2 nitrogen and oxygen atoms in total. The molecule has 0 aliphatic heterocycles. The first-order valence-corrected chi connectivity index (χ1v) is 3.64. The Morgan fingerprint density at radius 2 is 1.50 bits per heavy atom. The molecule has 2 heteroatoms. The van der Waals surface area contributed by atoms with Crippen molar-refractivity contribution in [2.24, 2.45) is 0 Å². The fraction of sp³-hybridized carbons (Fsp3) is 0. The molecule has 2 aromatic rings. The second-order valence-corrected chi connectivity index (χ2v) is 2.43. The smallest absolute Gasteiger partial charge is 0.136 e. The third-order valence-corrected chi connectivity index (χ3v) is 1.64. The van der Waals surface area contributed by atoms with Crippen LogP contribution in [0.2, 0.25) is 0 Å². The van der Waals surface area contributed by atoms with Gasteiger partial charge in [-0.15, -0.1) is 0 Å². The molecule has 60 valence electrons. The van der Waals surface area contributed by atoms with Gasteiger partial charge in [-0.25, -0.2) is 0 Å². The summed E-state index contributed by atoms with van der Waals surface area (Å²) in [6, 6.07) is 7.35. The summed E-state index contributed by atoms with van der Waals surface area (Å²) in [5.41, 5.74) is 0.769. The van der Waals surface area contributed by atoms with E-state index in [1.165, 1.54) is 0 Å². The van der Waals surface area contributed by atoms with Crippen molar-refractivity contribution in [1.29, 1.82) is 0 Å². The van der Waals surface area contributed by atoms with Crippen LogP contribution in [0.1, 0.15) is 11.5 Å². The topological polar surface area (TPSA) is 26.3 Å². The van der Waals surface area contributed by atoms with Crippen LogP contribution in [0.3, 0.4) is 0 Å². The quantitative estimate of drug-likeness (QED) is 0.675. The summed E-state index contributed by atoms with van der Waals surface area (Å²) in [6.45, 7) is 3.85. The predicted octanol–water partition coefficient (Wildman–Crippen LogP) is 2.93. The molecular weight excluding hydrogens is 152 g/mol. The Morgan fingerprint density at radius 1 is 1.00 bits per heavy atom. The van der Waals surface area contributed by atoms with Gasteiger partial charge in [0.2, 0.25) is 0 Å². The van der Waals surface area contributed by atoms with Crippen LogP contribution in [-0.2, 0) is 0 Å². The first kappa shape index (κ1) is 6.98. The van der Waals surface area contributed by atoms with Crippen molar-refractivity contribution in [3.05, 3.63) is 54.9 Å². The van der Waals surface area contributed by atoms with Gasteiger partial charge in [-0.3, -0.25) is 0 Å². The Hall–Kier alpha value is -1.70. The van der Waals surface area contributed by atoms with Crippen molar-refractivity contribution in [3.63, 3.8) is 0 Å². The Morgan fingerprint density at radius 3 is 1.83 bits per heavy atom. The van der Waals surface area contributed by atoms with Gasteiger partial charge in [-0.05, 0) is 24.3 Å². The van der Waals surface area contributed by atoms with E-state index in [9.17, 15) is 0 Å². The van der Waals surface area contributed by atoms with Crippen LogP contribution in [0.4, 0.5) is 0 Å². The summed E-state index contributed by atoms with van der Waals surface area (Å²) in [5, 5.41) is 0. The van der Waals surface area contributed by atoms with Crippen LogP contribution in [-0.4, -0.2) is 0 Å². The third-order valence-electron chi connectivity index (χ3n) is 1.64. The summed E-state index contributed by atoms with van der Waals surface area (Å²) in [5.74, 6) is 1.48. The predicted molar refractivity (Wildman–Crippen MR) is 45.6 cm³/mol. The van der Waals surface area contributed by atoms with Gasteiger partial charge in [0.25, 0.3) is 0 Å². The van der Waals surface area contributed by atoms with Gasteiger partial charge in [0.15, 0.2) is 0 Å². The molecule has 2 aromatic heterocycles. The van der Waals surface area contributed by atoms with E-state index in [1.807, 2.05) is 24.3 Å². The highest BCUT2D eigenvalue weighted by molar-refractivity contribution is 5.71. The summed E-state index contributed by atoms with van der Waals surface area (Å²) in [4.78, 5) is 0. The normalized spacial score (nSPS) is 10.0. The molecule has 0 saturated carbocycles. The van der Waals surface area contributed by atoms with Crippen LogP contribution in [0, 0.1) is 0 Å². The first-order chi connectivity index (χ1) is 5.88. The SMILES string of the molecule is C=C(c1ccco1)c1ccco1. The molecule has 2 rings (SSSR count). The van der Waals surface area contributed by atoms with E-state index in [0.29, 0.717) is 0 Å². The average molecular weight is 160 g/mol. The number of rotatable bonds is 2. The van der Waals surface area contributed by atoms with Gasteiger partial charge in [-0.1, -0.05) is 6.58 Å². The van der Waals surface area contributed by atoms with Crippen molar-refractivity contribution in [3.8, 4) is 0 Å². The molecular formula is C10H8O2. The van der Waals surface area contributed by atoms with Gasteiger partial charge >= 0.3 is 0 Å². The van der Waals surface area contributed by atoms with E-state index in [-0.39, 0.29) is 0 Å². The minimum atomic E-state index is 0.741. The van der Waals surface area contributed by atoms with E-state index in [0.717, 1.165) is 17.1 Å². The average Bonchev–Trinajstić information content (AvgIpc) is 2.77. The maximum Gasteiger partial charge on any atom is 0.136 e. The molecule has 0 aromatic carbocycles. The molecule has 2 heterocycles. The van der Waals surface area contributed by atoms with Crippen LogP contribution in [0.15, 0.2) is 52.2 Å². The molecule has 0 aliphatic rings. The fourth-order valence-electron chi connectivity index (χ4n) is 1.02. The molecule has 0 N–H and O–H groups in total. The standard InChI is InChI=1S/C10H8O2/c1-8(9-4-2-6-11-9)10-5-3-7-12-10/h2-7H,1H2. The van der Waals surface area contributed by atoms with E-state index in [2.05, 4.69) is 6.58 Å². The van der Waals surface area contributed by atoms with E-state index < -0.39 is 0 Å². The lowest BCUT2D eigenvalue weighted by Gasteiger charge is -1.95. The van der Waals surface area contributed by atoms with Gasteiger partial charge in [0.05, 0.1) is 18.1 Å². The summed E-state index contributed by atoms with van der Waals surface area (Å²) in [6.07, 6.45) is 3.23. The molecule has 0 bridgehead atoms. The molecule has 0 fully saturated rings. The highest BCUT2D eigenvalue weighted by atomic mass is 16.3. The monoisotopic (exact) mass is 160 g/mol. The van der Waals surface area contributed by atoms with Crippen molar-refractivity contribution in [2.75, 3.05) is 0 Å². The Kier molecular flexibility index (Phi) is 1.59. The summed E-state index contributed by atoms with van der Waals surface area (Å²) >= 11 is 0. The fourth-order valence-corrected chi connectivity index (χ4v) is 1.02. The lowest BCUT2D eigenvalue weighted by molar-refractivity contribution is 0.530. The number of hydrogen-bond acceptors (Lipinski definition) is 2. The molecule has 12 heavy (non-hydrogen) atoms. The zero-order valence-corrected chi connectivity index (χ0v) is 6.49. The maximum absolute atomic E-state index is 5.16. The Labute approximate surface area is 70.1 Å². The third kappa shape index (κ3) is 1.07. The van der Waals surface area contributed by atoms with Crippen LogP contribution >= 0.6 is 0 Å². The van der Waals surface area contributed by atoms with Crippen LogP contribution in [0.5, 0.6) is 0 Å². The van der Waals surface area contributed by atoms with Gasteiger partial charge in [0.1, 0.15) is 11.5 Å². The second kappa shape index (κ2) is 2.74. The van der Waals surface area contributed by atoms with Crippen LogP contribution in [0.25, 0.3) is 5.57 Å². The van der Waals surface area contributed by atoms with Gasteiger partial charge in [0, 0.05) is 0 Å². The van der Waals surface area contributed by atoms with Gasteiger partial charge in [-0.2, -0.15) is 0 Å². The number of hydrogen-bond donors (Lipinski definition) is 0. The van der Waals surface area contributed by atoms with Crippen molar-refractivity contribution >= 4 is 5.57 Å². The zero-order valence-electron chi connectivity index (χ0n) is 6.49. The second-order valence-electron chi connectivity index (χ2n) is 2.43. The lowest BCUT2D eigenvalue weighted by Crippen LogP contribution is -1.77. The minimum absolute atomic E-state index is 0.741. The van der Waals surface area contributed by atoms with Gasteiger partial charge < -0.3 is 8.83 Å². The molecule has 0 radical (unpaired) electrons. The van der Waals surface area contributed by atoms with Crippen molar-refractivity contribution in [2.45, 2.75) is 0 Å². The summed E-state index contributed by atoms with van der Waals surface area (Å²) < 4.78 is 10.3. The van der Waals surface area contributed by atoms with E-state index in [1.54, 1.807) is 12.5 Å². The van der Waals surface area contributed by atoms with Crippen LogP contribution < -0.4 is 0 Å². The highest BCUT2D eigenvalue weighted by Gasteiger charge is 2.06. The molecule has 0 spiro atoms. The highest BCUT2D eigenvalue weighted by Crippen LogP contribution is 2.21. The molecule has 0 unspecified atom stereocenters. The van der Waals surface area contributed by atoms with E-state index in [4.69, 9.17) is 8.83 Å². The number of furan rings is 2. The largest absolute Gasteiger partial charge is 0.464 e. The van der Waals surface area contributed by atoms with Crippen molar-refractivity contribution in [1.82, 2.24) is 0 Å². The lowest BCUT2D eigenvalue weighted by atomic mass is 10.2. The Balaban J connectivity index is 2.34.